The molecule has 13 N–H and O–H groups in total. The zero-order valence-corrected chi connectivity index (χ0v) is 17.8. The van der Waals surface area contributed by atoms with E-state index in [2.05, 4.69) is 0 Å². The maximum atomic E-state index is 8.77. The number of hydrogen-bond acceptors (Lipinski definition) is 14. The van der Waals surface area contributed by atoms with Crippen molar-refractivity contribution in [2.75, 3.05) is 0 Å². The molecule has 0 heterocycles. The van der Waals surface area contributed by atoms with Gasteiger partial charge in [0, 0.05) is 0 Å². The Labute approximate surface area is 195 Å². The van der Waals surface area contributed by atoms with E-state index in [1.54, 1.807) is 0 Å². The maximum Gasteiger partial charge on any atom is 1.00 e. The molecule has 16 nitrogen and oxygen atoms in total. The number of phosphoric acid groups is 1. The maximum absolute atomic E-state index is 8.77. The SMILES string of the molecule is O=P([O-])(O)O.OB(O)O.OB(O)O.OB(O)O.[K+].[Na+].[O-]B(O)O. The molecule has 0 aliphatic rings. The van der Waals surface area contributed by atoms with Gasteiger partial charge in [0.15, 0.2) is 0 Å². The van der Waals surface area contributed by atoms with E-state index in [1.165, 1.54) is 0 Å². The van der Waals surface area contributed by atoms with Gasteiger partial charge in [0.05, 0.1) is 0 Å². The zero-order chi connectivity index (χ0) is 18.8. The van der Waals surface area contributed by atoms with Crippen molar-refractivity contribution in [3.8, 4) is 0 Å². The number of rotatable bonds is 0. The van der Waals surface area contributed by atoms with Crippen LogP contribution in [0.2, 0.25) is 0 Å². The van der Waals surface area contributed by atoms with E-state index in [0.717, 1.165) is 0 Å². The van der Waals surface area contributed by atoms with E-state index < -0.39 is 37.1 Å². The van der Waals surface area contributed by atoms with E-state index in [0.29, 0.717) is 0 Å². The molecule has 128 valence electrons. The van der Waals surface area contributed by atoms with Crippen molar-refractivity contribution in [1.82, 2.24) is 0 Å². The molecule has 0 aliphatic carbocycles. The molecule has 0 aromatic heterocycles. The minimum absolute atomic E-state index is 0. The van der Waals surface area contributed by atoms with Crippen LogP contribution in [0.15, 0.2) is 0 Å². The standard InChI is InChI=1S/3BH3O3.BH2O3.K.Na.H3O4P/c4*2-1(3)4;;;1-5(2,3)4/h3*2-4H;2-3H;;;(H3,1,2,3,4)/q;;;-1;2*+1;/p-1. The van der Waals surface area contributed by atoms with Crippen LogP contribution in [0, 0.1) is 0 Å². The summed E-state index contributed by atoms with van der Waals surface area (Å²) < 4.78 is 8.77. The van der Waals surface area contributed by atoms with E-state index in [9.17, 15) is 0 Å². The second kappa shape index (κ2) is 32.2. The Hall–Kier alpha value is 2.53. The van der Waals surface area contributed by atoms with Crippen molar-refractivity contribution in [3.63, 3.8) is 0 Å². The van der Waals surface area contributed by atoms with Gasteiger partial charge in [0.1, 0.15) is 0 Å². The molecule has 0 aliphatic heterocycles. The van der Waals surface area contributed by atoms with Crippen LogP contribution in [-0.2, 0) is 4.57 Å². The van der Waals surface area contributed by atoms with Gasteiger partial charge in [-0.15, -0.1) is 0 Å². The van der Waals surface area contributed by atoms with Crippen molar-refractivity contribution in [1.29, 1.82) is 0 Å². The molecule has 0 aromatic rings. The molecular formula is H13B4KNaO16P. The average molecular weight is 405 g/mol. The molecule has 0 bridgehead atoms. The predicted octanol–water partition coefficient (Wildman–Crippen LogP) is -16.4. The third-order valence-electron chi connectivity index (χ3n) is 0. The smallest absolute Gasteiger partial charge is 0.832 e. The summed E-state index contributed by atoms with van der Waals surface area (Å²) in [5.74, 6) is 0. The van der Waals surface area contributed by atoms with E-state index in [4.69, 9.17) is 79.5 Å². The quantitative estimate of drug-likeness (QED) is 0.131. The first-order valence-electron chi connectivity index (χ1n) is 3.84. The summed E-state index contributed by atoms with van der Waals surface area (Å²) >= 11 is 0. The molecular weight excluding hydrogens is 392 g/mol. The van der Waals surface area contributed by atoms with Gasteiger partial charge in [0.25, 0.3) is 7.82 Å². The third kappa shape index (κ3) is 1950. The first-order valence-corrected chi connectivity index (χ1v) is 5.37. The second-order valence-electron chi connectivity index (χ2n) is 1.86. The Balaban J connectivity index is -0.0000000273. The normalized spacial score (nSPS) is 7.26. The van der Waals surface area contributed by atoms with Gasteiger partial charge in [0.2, 0.25) is 0 Å². The van der Waals surface area contributed by atoms with Crippen LogP contribution in [0.25, 0.3) is 0 Å². The summed E-state index contributed by atoms with van der Waals surface area (Å²) in [4.78, 5) is 22.9. The summed E-state index contributed by atoms with van der Waals surface area (Å²) in [5, 5.41) is 87.2. The number of hydrogen-bond donors (Lipinski definition) is 13. The molecule has 0 radical (unpaired) electrons. The largest absolute Gasteiger partial charge is 1.00 e. The van der Waals surface area contributed by atoms with Gasteiger partial charge in [-0.05, 0) is 0 Å². The first-order chi connectivity index (χ1) is 8.93. The van der Waals surface area contributed by atoms with Gasteiger partial charge in [-0.25, -0.2) is 0 Å². The second-order valence-corrected chi connectivity index (χ2v) is 2.84. The van der Waals surface area contributed by atoms with E-state index in [1.807, 2.05) is 0 Å². The summed E-state index contributed by atoms with van der Waals surface area (Å²) in [6.07, 6.45) is 0. The Morgan fingerprint density at radius 2 is 0.652 bits per heavy atom. The fourth-order valence-corrected chi connectivity index (χ4v) is 0. The molecule has 0 aromatic carbocycles. The van der Waals surface area contributed by atoms with Gasteiger partial charge in [-0.1, -0.05) is 0 Å². The minimum atomic E-state index is -4.89. The fraction of sp³-hybridized carbons (Fsp3) is 0. The van der Waals surface area contributed by atoms with Gasteiger partial charge < -0.3 is 75.0 Å². The fourth-order valence-electron chi connectivity index (χ4n) is 0. The van der Waals surface area contributed by atoms with Crippen LogP contribution in [-0.4, -0.2) is 94.3 Å². The minimum Gasteiger partial charge on any atom is -0.832 e. The topological polar surface area (TPSA) is 326 Å². The van der Waals surface area contributed by atoms with Gasteiger partial charge >= 0.3 is 110 Å². The van der Waals surface area contributed by atoms with Crippen LogP contribution < -0.4 is 90.9 Å². The van der Waals surface area contributed by atoms with Crippen molar-refractivity contribution in [3.05, 3.63) is 0 Å². The predicted molar refractivity (Wildman–Crippen MR) is 59.5 cm³/mol. The first kappa shape index (κ1) is 44.7. The molecule has 23 heteroatoms. The van der Waals surface area contributed by atoms with Crippen molar-refractivity contribution < 1.29 is 160 Å². The Kier molecular flexibility index (Phi) is 62.7. The summed E-state index contributed by atoms with van der Waals surface area (Å²) in [5.41, 5.74) is 0. The van der Waals surface area contributed by atoms with Crippen molar-refractivity contribution in [2.24, 2.45) is 0 Å². The summed E-state index contributed by atoms with van der Waals surface area (Å²) in [6, 6.07) is 0. The van der Waals surface area contributed by atoms with Crippen LogP contribution in [0.4, 0.5) is 0 Å². The van der Waals surface area contributed by atoms with Crippen molar-refractivity contribution in [2.45, 2.75) is 0 Å². The van der Waals surface area contributed by atoms with Crippen molar-refractivity contribution >= 4 is 37.1 Å². The van der Waals surface area contributed by atoms with Crippen LogP contribution in [0.5, 0.6) is 0 Å². The molecule has 0 atom stereocenters. The van der Waals surface area contributed by atoms with Gasteiger partial charge in [-0.3, -0.25) is 4.57 Å². The summed E-state index contributed by atoms with van der Waals surface area (Å²) in [6.45, 7) is 0. The van der Waals surface area contributed by atoms with Gasteiger partial charge in [-0.2, -0.15) is 0 Å². The molecule has 23 heavy (non-hydrogen) atoms. The molecule has 0 fully saturated rings. The van der Waals surface area contributed by atoms with E-state index >= 15 is 0 Å². The van der Waals surface area contributed by atoms with Crippen LogP contribution in [0.3, 0.4) is 0 Å². The Morgan fingerprint density at radius 1 is 0.652 bits per heavy atom. The molecule has 0 amide bonds. The third-order valence-corrected chi connectivity index (χ3v) is 0. The van der Waals surface area contributed by atoms with Crippen LogP contribution >= 0.6 is 7.82 Å². The molecule has 0 saturated carbocycles. The average Bonchev–Trinajstić information content (AvgIpc) is 1.91. The Bertz CT molecular complexity index is 165. The molecule has 0 rings (SSSR count). The molecule has 0 saturated heterocycles. The molecule has 0 unspecified atom stereocenters. The molecule has 0 spiro atoms. The Morgan fingerprint density at radius 3 is 0.652 bits per heavy atom. The zero-order valence-electron chi connectivity index (χ0n) is 11.8. The van der Waals surface area contributed by atoms with Crippen LogP contribution in [0.1, 0.15) is 0 Å². The monoisotopic (exact) mass is 406 g/mol. The summed E-state index contributed by atoms with van der Waals surface area (Å²) in [7, 11) is -13.8. The van der Waals surface area contributed by atoms with E-state index in [-0.39, 0.29) is 80.9 Å².